The van der Waals surface area contributed by atoms with Crippen LogP contribution in [0.2, 0.25) is 0 Å². The summed E-state index contributed by atoms with van der Waals surface area (Å²) in [7, 11) is 0. The fourth-order valence-electron chi connectivity index (χ4n) is 2.46. The minimum atomic E-state index is 0.184. The molecule has 17 heavy (non-hydrogen) atoms. The molecule has 1 aromatic carbocycles. The zero-order valence-electron chi connectivity index (χ0n) is 9.78. The molecular weight excluding hydrogens is 232 g/mol. The van der Waals surface area contributed by atoms with Crippen LogP contribution in [0.25, 0.3) is 0 Å². The van der Waals surface area contributed by atoms with Gasteiger partial charge >= 0.3 is 0 Å². The lowest BCUT2D eigenvalue weighted by Crippen LogP contribution is -2.21. The van der Waals surface area contributed by atoms with Crippen molar-refractivity contribution in [1.29, 1.82) is 0 Å². The molecule has 1 atom stereocenters. The summed E-state index contributed by atoms with van der Waals surface area (Å²) in [6.45, 7) is 1.36. The second kappa shape index (κ2) is 4.83. The summed E-state index contributed by atoms with van der Waals surface area (Å²) in [5, 5.41) is 0.184. The van der Waals surface area contributed by atoms with E-state index in [2.05, 4.69) is 0 Å². The molecule has 1 aromatic rings. The Kier molecular flexibility index (Phi) is 3.21. The van der Waals surface area contributed by atoms with Crippen LogP contribution in [0.5, 0.6) is 0 Å². The molecule has 1 saturated heterocycles. The number of Topliss-reactive ketones (excluding diaryl/α,β-unsaturated/α-hetero) is 1. The van der Waals surface area contributed by atoms with Crippen molar-refractivity contribution in [2.75, 3.05) is 5.75 Å². The van der Waals surface area contributed by atoms with E-state index in [0.717, 1.165) is 17.7 Å². The predicted octanol–water partition coefficient (Wildman–Crippen LogP) is 3.19. The molecule has 90 valence electrons. The zero-order valence-corrected chi connectivity index (χ0v) is 10.6. The molecule has 0 radical (unpaired) electrons. The van der Waals surface area contributed by atoms with Gasteiger partial charge in [0, 0.05) is 5.56 Å². The number of ketones is 1. The first-order chi connectivity index (χ1) is 8.34. The van der Waals surface area contributed by atoms with E-state index < -0.39 is 0 Å². The van der Waals surface area contributed by atoms with Crippen LogP contribution in [0.4, 0.5) is 0 Å². The van der Waals surface area contributed by atoms with Crippen molar-refractivity contribution in [3.63, 3.8) is 0 Å². The average molecular weight is 248 g/mol. The van der Waals surface area contributed by atoms with E-state index in [1.165, 1.54) is 24.0 Å². The molecule has 0 bridgehead atoms. The van der Waals surface area contributed by atoms with Crippen molar-refractivity contribution >= 4 is 17.5 Å². The highest BCUT2D eigenvalue weighted by Gasteiger charge is 2.24. The van der Waals surface area contributed by atoms with Crippen LogP contribution in [0.1, 0.15) is 40.7 Å². The Morgan fingerprint density at radius 2 is 2.12 bits per heavy atom. The minimum absolute atomic E-state index is 0.184. The second-order valence-electron chi connectivity index (χ2n) is 4.70. The SMILES string of the molecule is O=C(c1ccc2c(c1)COC2)C1CCCCS1. The molecule has 1 fully saturated rings. The van der Waals surface area contributed by atoms with Gasteiger partial charge in [0.05, 0.1) is 18.5 Å². The van der Waals surface area contributed by atoms with Gasteiger partial charge in [-0.1, -0.05) is 18.6 Å². The fraction of sp³-hybridized carbons (Fsp3) is 0.500. The van der Waals surface area contributed by atoms with Gasteiger partial charge in [-0.3, -0.25) is 4.79 Å². The third kappa shape index (κ3) is 2.26. The first-order valence-corrected chi connectivity index (χ1v) is 7.25. The maximum Gasteiger partial charge on any atom is 0.175 e. The number of ether oxygens (including phenoxy) is 1. The number of fused-ring (bicyclic) bond motifs is 1. The molecule has 1 unspecified atom stereocenters. The van der Waals surface area contributed by atoms with Crippen LogP contribution < -0.4 is 0 Å². The summed E-state index contributed by atoms with van der Waals surface area (Å²) in [4.78, 5) is 12.3. The summed E-state index contributed by atoms with van der Waals surface area (Å²) in [6, 6.07) is 6.04. The van der Waals surface area contributed by atoms with Gasteiger partial charge in [0.15, 0.2) is 5.78 Å². The predicted molar refractivity (Wildman–Crippen MR) is 69.4 cm³/mol. The molecule has 0 amide bonds. The van der Waals surface area contributed by atoms with E-state index in [1.807, 2.05) is 30.0 Å². The largest absolute Gasteiger partial charge is 0.372 e. The molecule has 2 aliphatic heterocycles. The van der Waals surface area contributed by atoms with Crippen LogP contribution in [0.3, 0.4) is 0 Å². The number of benzene rings is 1. The number of rotatable bonds is 2. The topological polar surface area (TPSA) is 26.3 Å². The van der Waals surface area contributed by atoms with Crippen LogP contribution >= 0.6 is 11.8 Å². The van der Waals surface area contributed by atoms with Crippen molar-refractivity contribution in [1.82, 2.24) is 0 Å². The van der Waals surface area contributed by atoms with Gasteiger partial charge in [-0.2, -0.15) is 11.8 Å². The maximum absolute atomic E-state index is 12.3. The summed E-state index contributed by atoms with van der Waals surface area (Å²) >= 11 is 1.82. The van der Waals surface area contributed by atoms with Crippen molar-refractivity contribution in [3.05, 3.63) is 34.9 Å². The Hall–Kier alpha value is -0.800. The van der Waals surface area contributed by atoms with Crippen molar-refractivity contribution in [3.8, 4) is 0 Å². The molecule has 0 aromatic heterocycles. The summed E-state index contributed by atoms with van der Waals surface area (Å²) in [6.07, 6.45) is 3.49. The van der Waals surface area contributed by atoms with E-state index >= 15 is 0 Å². The number of hydrogen-bond acceptors (Lipinski definition) is 3. The number of carbonyl (C=O) groups is 1. The van der Waals surface area contributed by atoms with Gasteiger partial charge in [-0.05, 0) is 35.8 Å². The quantitative estimate of drug-likeness (QED) is 0.752. The Morgan fingerprint density at radius 3 is 2.94 bits per heavy atom. The molecule has 0 saturated carbocycles. The standard InChI is InChI=1S/C14H16O2S/c15-14(13-3-1-2-6-17-13)10-4-5-11-8-16-9-12(11)7-10/h4-5,7,13H,1-3,6,8-9H2. The first-order valence-electron chi connectivity index (χ1n) is 6.20. The number of thioether (sulfide) groups is 1. The highest BCUT2D eigenvalue weighted by atomic mass is 32.2. The molecule has 2 heterocycles. The fourth-order valence-corrected chi connectivity index (χ4v) is 3.73. The highest BCUT2D eigenvalue weighted by Crippen LogP contribution is 2.29. The Balaban J connectivity index is 1.81. The Bertz CT molecular complexity index is 436. The average Bonchev–Trinajstić information content (AvgIpc) is 2.86. The van der Waals surface area contributed by atoms with Gasteiger partial charge in [-0.25, -0.2) is 0 Å². The summed E-state index contributed by atoms with van der Waals surface area (Å²) < 4.78 is 5.38. The van der Waals surface area contributed by atoms with Crippen molar-refractivity contribution < 1.29 is 9.53 Å². The van der Waals surface area contributed by atoms with E-state index in [1.54, 1.807) is 0 Å². The first kappa shape index (κ1) is 11.3. The molecule has 3 heteroatoms. The van der Waals surface area contributed by atoms with E-state index in [-0.39, 0.29) is 5.25 Å². The van der Waals surface area contributed by atoms with Gasteiger partial charge in [0.2, 0.25) is 0 Å². The third-order valence-electron chi connectivity index (χ3n) is 3.48. The Labute approximate surface area is 106 Å². The summed E-state index contributed by atoms with van der Waals surface area (Å²) in [5.74, 6) is 1.44. The lowest BCUT2D eigenvalue weighted by atomic mass is 10.00. The lowest BCUT2D eigenvalue weighted by Gasteiger charge is -2.20. The van der Waals surface area contributed by atoms with E-state index in [0.29, 0.717) is 19.0 Å². The van der Waals surface area contributed by atoms with Crippen LogP contribution in [0, 0.1) is 0 Å². The van der Waals surface area contributed by atoms with Crippen LogP contribution in [0.15, 0.2) is 18.2 Å². The summed E-state index contributed by atoms with van der Waals surface area (Å²) in [5.41, 5.74) is 3.29. The molecule has 0 aliphatic carbocycles. The zero-order chi connectivity index (χ0) is 11.7. The van der Waals surface area contributed by atoms with E-state index in [9.17, 15) is 4.79 Å². The third-order valence-corrected chi connectivity index (χ3v) is 4.85. The highest BCUT2D eigenvalue weighted by molar-refractivity contribution is 8.00. The molecule has 0 spiro atoms. The minimum Gasteiger partial charge on any atom is -0.372 e. The van der Waals surface area contributed by atoms with Gasteiger partial charge in [0.1, 0.15) is 0 Å². The molecular formula is C14H16O2S. The molecule has 3 rings (SSSR count). The Morgan fingerprint density at radius 1 is 1.24 bits per heavy atom. The second-order valence-corrected chi connectivity index (χ2v) is 6.01. The van der Waals surface area contributed by atoms with Crippen molar-refractivity contribution in [2.24, 2.45) is 0 Å². The van der Waals surface area contributed by atoms with Crippen molar-refractivity contribution in [2.45, 2.75) is 37.7 Å². The van der Waals surface area contributed by atoms with Gasteiger partial charge in [0.25, 0.3) is 0 Å². The number of carbonyl (C=O) groups excluding carboxylic acids is 1. The van der Waals surface area contributed by atoms with Gasteiger partial charge in [-0.15, -0.1) is 0 Å². The van der Waals surface area contributed by atoms with Crippen LogP contribution in [-0.4, -0.2) is 16.8 Å². The molecule has 2 nitrogen and oxygen atoms in total. The lowest BCUT2D eigenvalue weighted by molar-refractivity contribution is 0.0984. The van der Waals surface area contributed by atoms with Gasteiger partial charge < -0.3 is 4.74 Å². The maximum atomic E-state index is 12.3. The van der Waals surface area contributed by atoms with Crippen LogP contribution in [-0.2, 0) is 18.0 Å². The molecule has 0 N–H and O–H groups in total. The monoisotopic (exact) mass is 248 g/mol. The molecule has 2 aliphatic rings. The van der Waals surface area contributed by atoms with E-state index in [4.69, 9.17) is 4.74 Å². The number of hydrogen-bond donors (Lipinski definition) is 0. The smallest absolute Gasteiger partial charge is 0.175 e. The normalized spacial score (nSPS) is 23.4.